The van der Waals surface area contributed by atoms with Gasteiger partial charge in [-0.05, 0) is 31.2 Å². The Kier molecular flexibility index (Phi) is 3.25. The molecular formula is C17H19N5. The molecule has 0 saturated carbocycles. The molecule has 2 heterocycles. The molecule has 2 aromatic heterocycles. The third-order valence-corrected chi connectivity index (χ3v) is 4.32. The largest absolute Gasteiger partial charge is 0.264 e. The van der Waals surface area contributed by atoms with Gasteiger partial charge in [0, 0.05) is 12.6 Å². The zero-order valence-electron chi connectivity index (χ0n) is 12.7. The predicted octanol–water partition coefficient (Wildman–Crippen LogP) is 2.61. The van der Waals surface area contributed by atoms with Crippen LogP contribution >= 0.6 is 0 Å². The van der Waals surface area contributed by atoms with Crippen molar-refractivity contribution in [1.82, 2.24) is 24.5 Å². The molecular weight excluding hydrogens is 274 g/mol. The molecule has 0 spiro atoms. The van der Waals surface area contributed by atoms with Gasteiger partial charge >= 0.3 is 0 Å². The monoisotopic (exact) mass is 293 g/mol. The topological polar surface area (TPSA) is 48.5 Å². The molecule has 0 radical (unpaired) electrons. The maximum Gasteiger partial charge on any atom is 0.176 e. The molecule has 0 unspecified atom stereocenters. The fourth-order valence-electron chi connectivity index (χ4n) is 3.28. The number of nitrogens with zero attached hydrogens (tertiary/aromatic N) is 5. The van der Waals surface area contributed by atoms with Gasteiger partial charge in [0.05, 0.1) is 12.2 Å². The van der Waals surface area contributed by atoms with E-state index < -0.39 is 0 Å². The second-order valence-corrected chi connectivity index (χ2v) is 5.83. The quantitative estimate of drug-likeness (QED) is 0.746. The van der Waals surface area contributed by atoms with Gasteiger partial charge < -0.3 is 0 Å². The van der Waals surface area contributed by atoms with Crippen LogP contribution in [0.4, 0.5) is 0 Å². The average molecular weight is 293 g/mol. The van der Waals surface area contributed by atoms with Crippen LogP contribution in [0.1, 0.15) is 29.7 Å². The van der Waals surface area contributed by atoms with E-state index in [2.05, 4.69) is 34.3 Å². The maximum absolute atomic E-state index is 4.69. The lowest BCUT2D eigenvalue weighted by atomic mass is 9.95. The molecule has 0 atom stereocenters. The SMILES string of the molecule is Cn1nc2c(c1-c1ncnn1Cc1ccccc1)CCCC2. The zero-order chi connectivity index (χ0) is 14.9. The molecule has 112 valence electrons. The molecule has 5 heteroatoms. The molecule has 22 heavy (non-hydrogen) atoms. The first-order valence-electron chi connectivity index (χ1n) is 7.80. The Hall–Kier alpha value is -2.43. The Morgan fingerprint density at radius 2 is 1.91 bits per heavy atom. The van der Waals surface area contributed by atoms with Gasteiger partial charge in [-0.15, -0.1) is 0 Å². The number of hydrogen-bond acceptors (Lipinski definition) is 3. The Labute approximate surface area is 129 Å². The molecule has 1 aliphatic rings. The van der Waals surface area contributed by atoms with Gasteiger partial charge in [-0.25, -0.2) is 9.67 Å². The highest BCUT2D eigenvalue weighted by atomic mass is 15.4. The third kappa shape index (κ3) is 2.22. The van der Waals surface area contributed by atoms with Crippen molar-refractivity contribution >= 4 is 0 Å². The zero-order valence-corrected chi connectivity index (χ0v) is 12.7. The summed E-state index contributed by atoms with van der Waals surface area (Å²) >= 11 is 0. The molecule has 1 aliphatic carbocycles. The number of aromatic nitrogens is 5. The summed E-state index contributed by atoms with van der Waals surface area (Å²) in [7, 11) is 2.01. The lowest BCUT2D eigenvalue weighted by Crippen LogP contribution is -2.08. The highest BCUT2D eigenvalue weighted by Crippen LogP contribution is 2.30. The first-order valence-corrected chi connectivity index (χ1v) is 7.80. The molecule has 4 rings (SSSR count). The summed E-state index contributed by atoms with van der Waals surface area (Å²) in [6.45, 7) is 0.732. The molecule has 0 amide bonds. The lowest BCUT2D eigenvalue weighted by molar-refractivity contribution is 0.664. The maximum atomic E-state index is 4.69. The Morgan fingerprint density at radius 3 is 2.77 bits per heavy atom. The van der Waals surface area contributed by atoms with E-state index in [1.165, 1.54) is 29.7 Å². The average Bonchev–Trinajstić information content (AvgIpc) is 3.11. The number of fused-ring (bicyclic) bond motifs is 1. The van der Waals surface area contributed by atoms with Gasteiger partial charge in [-0.3, -0.25) is 4.68 Å². The van der Waals surface area contributed by atoms with Crippen LogP contribution in [0.3, 0.4) is 0 Å². The first-order chi connectivity index (χ1) is 10.8. The second kappa shape index (κ2) is 5.40. The predicted molar refractivity (Wildman–Crippen MR) is 84.4 cm³/mol. The van der Waals surface area contributed by atoms with Crippen LogP contribution in [0.15, 0.2) is 36.7 Å². The Bertz CT molecular complexity index is 785. The standard InChI is InChI=1S/C17H19N5/c1-21-16(14-9-5-6-10-15(14)20-21)17-18-12-19-22(17)11-13-7-3-2-4-8-13/h2-4,7-8,12H,5-6,9-11H2,1H3. The van der Waals surface area contributed by atoms with Crippen LogP contribution in [0.2, 0.25) is 0 Å². The minimum Gasteiger partial charge on any atom is -0.264 e. The normalized spacial score (nSPS) is 14.0. The van der Waals surface area contributed by atoms with Crippen LogP contribution in [0.25, 0.3) is 11.5 Å². The number of benzene rings is 1. The molecule has 0 bridgehead atoms. The minimum absolute atomic E-state index is 0.732. The second-order valence-electron chi connectivity index (χ2n) is 5.83. The van der Waals surface area contributed by atoms with Gasteiger partial charge in [0.15, 0.2) is 5.82 Å². The van der Waals surface area contributed by atoms with Gasteiger partial charge in [0.25, 0.3) is 0 Å². The molecule has 5 nitrogen and oxygen atoms in total. The van der Waals surface area contributed by atoms with E-state index in [1.807, 2.05) is 22.5 Å². The lowest BCUT2D eigenvalue weighted by Gasteiger charge is -2.12. The molecule has 1 aromatic carbocycles. The summed E-state index contributed by atoms with van der Waals surface area (Å²) in [5.41, 5.74) is 4.95. The van der Waals surface area contributed by atoms with Crippen molar-refractivity contribution in [3.05, 3.63) is 53.5 Å². The van der Waals surface area contributed by atoms with Gasteiger partial charge in [-0.1, -0.05) is 30.3 Å². The van der Waals surface area contributed by atoms with Crippen molar-refractivity contribution in [1.29, 1.82) is 0 Å². The van der Waals surface area contributed by atoms with E-state index in [0.717, 1.165) is 30.9 Å². The van der Waals surface area contributed by atoms with E-state index >= 15 is 0 Å². The molecule has 3 aromatic rings. The van der Waals surface area contributed by atoms with Crippen LogP contribution in [-0.4, -0.2) is 24.5 Å². The summed E-state index contributed by atoms with van der Waals surface area (Å²) in [6, 6.07) is 10.4. The summed E-state index contributed by atoms with van der Waals surface area (Å²) in [5, 5.41) is 9.11. The molecule has 0 N–H and O–H groups in total. The first kappa shape index (κ1) is 13.2. The fraction of sp³-hybridized carbons (Fsp3) is 0.353. The van der Waals surface area contributed by atoms with Crippen molar-refractivity contribution in [2.75, 3.05) is 0 Å². The van der Waals surface area contributed by atoms with E-state index in [4.69, 9.17) is 5.10 Å². The highest BCUT2D eigenvalue weighted by Gasteiger charge is 2.23. The number of rotatable bonds is 3. The van der Waals surface area contributed by atoms with Gasteiger partial charge in [0.1, 0.15) is 12.0 Å². The van der Waals surface area contributed by atoms with Crippen molar-refractivity contribution in [3.8, 4) is 11.5 Å². The minimum atomic E-state index is 0.732. The van der Waals surface area contributed by atoms with Gasteiger partial charge in [0.2, 0.25) is 0 Å². The van der Waals surface area contributed by atoms with Gasteiger partial charge in [-0.2, -0.15) is 10.2 Å². The molecule has 0 aliphatic heterocycles. The molecule has 0 saturated heterocycles. The molecule has 0 fully saturated rings. The third-order valence-electron chi connectivity index (χ3n) is 4.32. The summed E-state index contributed by atoms with van der Waals surface area (Å²) in [5.74, 6) is 0.919. The Balaban J connectivity index is 1.76. The number of aryl methyl sites for hydroxylation is 2. The summed E-state index contributed by atoms with van der Waals surface area (Å²) in [4.78, 5) is 4.51. The Morgan fingerprint density at radius 1 is 1.09 bits per heavy atom. The fourth-order valence-corrected chi connectivity index (χ4v) is 3.28. The van der Waals surface area contributed by atoms with Crippen molar-refractivity contribution in [2.24, 2.45) is 7.05 Å². The van der Waals surface area contributed by atoms with Crippen molar-refractivity contribution < 1.29 is 0 Å². The van der Waals surface area contributed by atoms with Crippen LogP contribution in [-0.2, 0) is 26.4 Å². The van der Waals surface area contributed by atoms with Crippen LogP contribution in [0.5, 0.6) is 0 Å². The van der Waals surface area contributed by atoms with E-state index in [1.54, 1.807) is 6.33 Å². The summed E-state index contributed by atoms with van der Waals surface area (Å²) < 4.78 is 3.95. The van der Waals surface area contributed by atoms with Crippen molar-refractivity contribution in [2.45, 2.75) is 32.2 Å². The number of hydrogen-bond donors (Lipinski definition) is 0. The van der Waals surface area contributed by atoms with E-state index in [-0.39, 0.29) is 0 Å². The highest BCUT2D eigenvalue weighted by molar-refractivity contribution is 5.58. The smallest absolute Gasteiger partial charge is 0.176 e. The van der Waals surface area contributed by atoms with Crippen LogP contribution in [0, 0.1) is 0 Å². The van der Waals surface area contributed by atoms with Crippen LogP contribution < -0.4 is 0 Å². The van der Waals surface area contributed by atoms with E-state index in [9.17, 15) is 0 Å². The van der Waals surface area contributed by atoms with Crippen molar-refractivity contribution in [3.63, 3.8) is 0 Å². The summed E-state index contributed by atoms with van der Waals surface area (Å²) in [6.07, 6.45) is 6.28. The van der Waals surface area contributed by atoms with E-state index in [0.29, 0.717) is 0 Å².